The molecule has 0 amide bonds. The van der Waals surface area contributed by atoms with Gasteiger partial charge in [-0.05, 0) is 39.5 Å². The highest BCUT2D eigenvalue weighted by atomic mass is 16.5. The van der Waals surface area contributed by atoms with E-state index in [-0.39, 0.29) is 11.9 Å². The Morgan fingerprint density at radius 2 is 1.60 bits per heavy atom. The minimum absolute atomic E-state index is 0.0527. The molecule has 0 fully saturated rings. The van der Waals surface area contributed by atoms with Crippen LogP contribution in [0, 0.1) is 5.92 Å². The highest BCUT2D eigenvalue weighted by Gasteiger charge is 2.18. The average Bonchev–Trinajstić information content (AvgIpc) is 2.47. The summed E-state index contributed by atoms with van der Waals surface area (Å²) in [6.45, 7) is 4.36. The van der Waals surface area contributed by atoms with Gasteiger partial charge in [-0.3, -0.25) is 4.79 Å². The summed E-state index contributed by atoms with van der Waals surface area (Å²) in [7, 11) is 0. The van der Waals surface area contributed by atoms with Gasteiger partial charge in [0, 0.05) is 0 Å². The maximum atomic E-state index is 11.9. The van der Waals surface area contributed by atoms with Crippen molar-refractivity contribution in [3.8, 4) is 0 Å². The summed E-state index contributed by atoms with van der Waals surface area (Å²) in [5.41, 5.74) is 1.31. The Morgan fingerprint density at radius 3 is 2.20 bits per heavy atom. The number of rotatable bonds is 3. The largest absolute Gasteiger partial charge is 0.466 e. The van der Waals surface area contributed by atoms with Crippen molar-refractivity contribution in [2.45, 2.75) is 84.5 Å². The van der Waals surface area contributed by atoms with Crippen LogP contribution >= 0.6 is 0 Å². The molecular weight excluding hydrogens is 248 g/mol. The molecule has 1 unspecified atom stereocenters. The van der Waals surface area contributed by atoms with E-state index >= 15 is 0 Å². The number of esters is 1. The second-order valence-electron chi connectivity index (χ2n) is 5.97. The Morgan fingerprint density at radius 1 is 1.05 bits per heavy atom. The molecule has 0 aromatic rings. The number of hydrogen-bond acceptors (Lipinski definition) is 2. The molecule has 0 aliphatic heterocycles. The van der Waals surface area contributed by atoms with Crippen molar-refractivity contribution in [2.75, 3.05) is 6.61 Å². The lowest BCUT2D eigenvalue weighted by Crippen LogP contribution is -2.17. The molecule has 1 aliphatic rings. The van der Waals surface area contributed by atoms with E-state index in [4.69, 9.17) is 4.74 Å². The molecule has 0 aromatic carbocycles. The van der Waals surface area contributed by atoms with Crippen LogP contribution in [-0.4, -0.2) is 12.6 Å². The molecule has 2 heteroatoms. The van der Waals surface area contributed by atoms with Crippen LogP contribution < -0.4 is 0 Å². The lowest BCUT2D eigenvalue weighted by atomic mass is 9.94. The van der Waals surface area contributed by atoms with Crippen LogP contribution in [0.2, 0.25) is 0 Å². The first-order valence-electron chi connectivity index (χ1n) is 8.61. The normalized spacial score (nSPS) is 23.4. The summed E-state index contributed by atoms with van der Waals surface area (Å²) < 4.78 is 5.17. The Labute approximate surface area is 125 Å². The van der Waals surface area contributed by atoms with E-state index in [1.807, 2.05) is 13.8 Å². The topological polar surface area (TPSA) is 26.3 Å². The molecule has 0 heterocycles. The first kappa shape index (κ1) is 17.3. The van der Waals surface area contributed by atoms with E-state index in [0.29, 0.717) is 6.61 Å². The molecule has 1 rings (SSSR count). The van der Waals surface area contributed by atoms with Crippen LogP contribution in [0.15, 0.2) is 11.6 Å². The van der Waals surface area contributed by atoms with E-state index in [2.05, 4.69) is 6.08 Å². The summed E-state index contributed by atoms with van der Waals surface area (Å²) >= 11 is 0. The van der Waals surface area contributed by atoms with Crippen molar-refractivity contribution < 1.29 is 9.53 Å². The van der Waals surface area contributed by atoms with Gasteiger partial charge in [0.25, 0.3) is 0 Å². The fourth-order valence-electron chi connectivity index (χ4n) is 2.91. The molecule has 0 bridgehead atoms. The van der Waals surface area contributed by atoms with Gasteiger partial charge in [-0.2, -0.15) is 0 Å². The Hall–Kier alpha value is -0.790. The minimum Gasteiger partial charge on any atom is -0.466 e. The van der Waals surface area contributed by atoms with Gasteiger partial charge in [-0.15, -0.1) is 0 Å². The Kier molecular flexibility index (Phi) is 9.44. The minimum atomic E-state index is -0.0555. The van der Waals surface area contributed by atoms with E-state index in [1.165, 1.54) is 63.4 Å². The molecule has 0 spiro atoms. The van der Waals surface area contributed by atoms with Crippen molar-refractivity contribution in [1.82, 2.24) is 0 Å². The summed E-state index contributed by atoms with van der Waals surface area (Å²) in [5.74, 6) is -0.108. The smallest absolute Gasteiger partial charge is 0.312 e. The van der Waals surface area contributed by atoms with Gasteiger partial charge in [0.05, 0.1) is 12.5 Å². The average molecular weight is 280 g/mol. The van der Waals surface area contributed by atoms with E-state index in [0.717, 1.165) is 12.8 Å². The van der Waals surface area contributed by atoms with Gasteiger partial charge in [-0.1, -0.05) is 56.6 Å². The summed E-state index contributed by atoms with van der Waals surface area (Å²) in [5, 5.41) is 0. The summed E-state index contributed by atoms with van der Waals surface area (Å²) in [6.07, 6.45) is 16.5. The third-order valence-corrected chi connectivity index (χ3v) is 4.27. The molecule has 1 aliphatic carbocycles. The van der Waals surface area contributed by atoms with Crippen molar-refractivity contribution in [1.29, 1.82) is 0 Å². The molecule has 0 aromatic heterocycles. The van der Waals surface area contributed by atoms with E-state index in [1.54, 1.807) is 0 Å². The molecular formula is C18H32O2. The van der Waals surface area contributed by atoms with Crippen LogP contribution in [0.4, 0.5) is 0 Å². The van der Waals surface area contributed by atoms with Crippen LogP contribution in [0.1, 0.15) is 84.5 Å². The molecule has 1 atom stereocenters. The lowest BCUT2D eigenvalue weighted by molar-refractivity contribution is -0.146. The van der Waals surface area contributed by atoms with Crippen molar-refractivity contribution in [3.05, 3.63) is 11.6 Å². The van der Waals surface area contributed by atoms with Gasteiger partial charge < -0.3 is 4.74 Å². The third kappa shape index (κ3) is 7.12. The van der Waals surface area contributed by atoms with Crippen molar-refractivity contribution in [2.24, 2.45) is 5.92 Å². The van der Waals surface area contributed by atoms with Crippen molar-refractivity contribution >= 4 is 5.97 Å². The first-order valence-corrected chi connectivity index (χ1v) is 8.61. The third-order valence-electron chi connectivity index (χ3n) is 4.27. The van der Waals surface area contributed by atoms with Crippen molar-refractivity contribution in [3.63, 3.8) is 0 Å². The van der Waals surface area contributed by atoms with Gasteiger partial charge in [0.2, 0.25) is 0 Å². The molecule has 0 N–H and O–H groups in total. The Bertz CT molecular complexity index is 294. The number of hydrogen-bond donors (Lipinski definition) is 0. The fourth-order valence-corrected chi connectivity index (χ4v) is 2.91. The standard InChI is InChI=1S/C18H32O2/c1-3-20-18(19)16(2)17-14-12-10-8-6-4-5-7-9-11-13-15-17/h14,16H,3-13,15H2,1-2H3/b17-14+. The van der Waals surface area contributed by atoms with Crippen LogP contribution in [0.5, 0.6) is 0 Å². The number of carbonyl (C=O) groups is 1. The zero-order valence-corrected chi connectivity index (χ0v) is 13.5. The molecule has 2 nitrogen and oxygen atoms in total. The molecule has 116 valence electrons. The van der Waals surface area contributed by atoms with Gasteiger partial charge >= 0.3 is 5.97 Å². The molecule has 0 radical (unpaired) electrons. The van der Waals surface area contributed by atoms with Crippen LogP contribution in [0.3, 0.4) is 0 Å². The number of ether oxygens (including phenoxy) is 1. The highest BCUT2D eigenvalue weighted by molar-refractivity contribution is 5.75. The second kappa shape index (κ2) is 10.9. The highest BCUT2D eigenvalue weighted by Crippen LogP contribution is 2.22. The Balaban J connectivity index is 2.54. The van der Waals surface area contributed by atoms with Gasteiger partial charge in [0.15, 0.2) is 0 Å². The number of allylic oxidation sites excluding steroid dienone is 1. The van der Waals surface area contributed by atoms with Gasteiger partial charge in [-0.25, -0.2) is 0 Å². The summed E-state index contributed by atoms with van der Waals surface area (Å²) in [4.78, 5) is 11.9. The van der Waals surface area contributed by atoms with Gasteiger partial charge in [0.1, 0.15) is 0 Å². The quantitative estimate of drug-likeness (QED) is 0.510. The fraction of sp³-hybridized carbons (Fsp3) is 0.833. The van der Waals surface area contributed by atoms with Crippen LogP contribution in [-0.2, 0) is 9.53 Å². The zero-order valence-electron chi connectivity index (χ0n) is 13.5. The maximum Gasteiger partial charge on any atom is 0.312 e. The maximum absolute atomic E-state index is 11.9. The predicted octanol–water partition coefficient (Wildman–Crippen LogP) is 5.42. The lowest BCUT2D eigenvalue weighted by Gasteiger charge is -2.15. The van der Waals surface area contributed by atoms with E-state index in [9.17, 15) is 4.79 Å². The van der Waals surface area contributed by atoms with E-state index < -0.39 is 0 Å². The summed E-state index contributed by atoms with van der Waals surface area (Å²) in [6, 6.07) is 0. The molecule has 0 saturated carbocycles. The van der Waals surface area contributed by atoms with Crippen LogP contribution in [0.25, 0.3) is 0 Å². The monoisotopic (exact) mass is 280 g/mol. The number of carbonyl (C=O) groups excluding carboxylic acids is 1. The SMILES string of the molecule is CCOC(=O)C(C)/C1=C/CCCCCCCCCCC1. The zero-order chi connectivity index (χ0) is 14.6. The first-order chi connectivity index (χ1) is 9.75. The molecule has 20 heavy (non-hydrogen) atoms. The second-order valence-corrected chi connectivity index (χ2v) is 5.97. The molecule has 0 saturated heterocycles. The predicted molar refractivity (Wildman–Crippen MR) is 84.7 cm³/mol.